The molecule has 1 N–H and O–H groups in total. The van der Waals surface area contributed by atoms with Crippen LogP contribution in [0.4, 0.5) is 5.95 Å². The molecule has 6 nitrogen and oxygen atoms in total. The Morgan fingerprint density at radius 1 is 1.15 bits per heavy atom. The third-order valence-corrected chi connectivity index (χ3v) is 6.19. The molecule has 3 heterocycles. The van der Waals surface area contributed by atoms with Crippen molar-refractivity contribution in [1.29, 1.82) is 0 Å². The number of aliphatic hydroxyl groups is 1. The number of fused-ring (bicyclic) bond motifs is 2. The van der Waals surface area contributed by atoms with Gasteiger partial charge in [-0.3, -0.25) is 9.88 Å². The van der Waals surface area contributed by atoms with Gasteiger partial charge in [0.1, 0.15) is 5.60 Å². The number of nitrogens with zero attached hydrogens (tertiary/aromatic N) is 5. The van der Waals surface area contributed by atoms with Crippen LogP contribution in [0.3, 0.4) is 0 Å². The summed E-state index contributed by atoms with van der Waals surface area (Å²) in [6.45, 7) is 4.67. The van der Waals surface area contributed by atoms with Crippen molar-refractivity contribution in [3.8, 4) is 0 Å². The standard InChI is InChI=1S/C21H29N5O/c1-15-6-5-9-22-19(15)21(27)17-7-4-8-18(21)14-26(13-17)12-16-10-23-20(24-11-16)25(2)3/h5-6,9-11,17-18,27H,4,7-8,12-14H2,1-3H3/t17-,18-/m1/s1. The number of likely N-dealkylation sites (tertiary alicyclic amines) is 1. The van der Waals surface area contributed by atoms with E-state index in [1.807, 2.05) is 43.7 Å². The molecule has 4 rings (SSSR count). The number of hydrogen-bond donors (Lipinski definition) is 1. The van der Waals surface area contributed by atoms with Gasteiger partial charge in [0.05, 0.1) is 5.69 Å². The second-order valence-electron chi connectivity index (χ2n) is 8.30. The van der Waals surface area contributed by atoms with Crippen LogP contribution >= 0.6 is 0 Å². The summed E-state index contributed by atoms with van der Waals surface area (Å²) in [6.07, 6.45) is 8.94. The molecule has 2 fully saturated rings. The number of aromatic nitrogens is 3. The minimum atomic E-state index is -0.800. The molecule has 2 aromatic rings. The molecular formula is C21H29N5O. The Morgan fingerprint density at radius 3 is 2.41 bits per heavy atom. The van der Waals surface area contributed by atoms with Crippen LogP contribution in [0, 0.1) is 18.8 Å². The van der Waals surface area contributed by atoms with Crippen LogP contribution in [0.1, 0.15) is 36.1 Å². The highest BCUT2D eigenvalue weighted by molar-refractivity contribution is 5.29. The number of rotatable bonds is 4. The molecule has 0 radical (unpaired) electrons. The van der Waals surface area contributed by atoms with Gasteiger partial charge in [-0.05, 0) is 31.4 Å². The van der Waals surface area contributed by atoms with E-state index in [1.54, 1.807) is 0 Å². The van der Waals surface area contributed by atoms with E-state index in [9.17, 15) is 5.11 Å². The van der Waals surface area contributed by atoms with Crippen molar-refractivity contribution in [2.75, 3.05) is 32.1 Å². The highest BCUT2D eigenvalue weighted by atomic mass is 16.3. The van der Waals surface area contributed by atoms with Crippen LogP contribution in [-0.4, -0.2) is 52.1 Å². The van der Waals surface area contributed by atoms with E-state index < -0.39 is 5.60 Å². The summed E-state index contributed by atoms with van der Waals surface area (Å²) >= 11 is 0. The number of piperidine rings is 1. The molecule has 0 amide bonds. The Hall–Kier alpha value is -2.05. The number of hydrogen-bond acceptors (Lipinski definition) is 6. The molecule has 1 aliphatic heterocycles. The lowest BCUT2D eigenvalue weighted by Crippen LogP contribution is -2.58. The fourth-order valence-corrected chi connectivity index (χ4v) is 4.88. The van der Waals surface area contributed by atoms with Crippen LogP contribution in [0.25, 0.3) is 0 Å². The Labute approximate surface area is 161 Å². The van der Waals surface area contributed by atoms with Crippen molar-refractivity contribution < 1.29 is 5.11 Å². The van der Waals surface area contributed by atoms with Crippen molar-refractivity contribution in [3.05, 3.63) is 47.5 Å². The van der Waals surface area contributed by atoms with Crippen LogP contribution in [0.2, 0.25) is 0 Å². The van der Waals surface area contributed by atoms with Crippen molar-refractivity contribution in [2.45, 2.75) is 38.3 Å². The smallest absolute Gasteiger partial charge is 0.224 e. The van der Waals surface area contributed by atoms with Gasteiger partial charge in [-0.1, -0.05) is 12.5 Å². The molecule has 2 aliphatic rings. The third kappa shape index (κ3) is 3.32. The normalized spacial score (nSPS) is 28.1. The topological polar surface area (TPSA) is 65.4 Å². The lowest BCUT2D eigenvalue weighted by Gasteiger charge is -2.53. The molecule has 0 unspecified atom stereocenters. The van der Waals surface area contributed by atoms with E-state index in [4.69, 9.17) is 0 Å². The summed E-state index contributed by atoms with van der Waals surface area (Å²) in [4.78, 5) is 17.8. The summed E-state index contributed by atoms with van der Waals surface area (Å²) < 4.78 is 0. The average Bonchev–Trinajstić information content (AvgIpc) is 2.63. The van der Waals surface area contributed by atoms with Crippen LogP contribution in [-0.2, 0) is 12.1 Å². The SMILES string of the molecule is Cc1cccnc1C1(O)[C@@H]2CCC[C@@H]1CN(Cc1cnc(N(C)C)nc1)C2. The molecule has 0 aromatic carbocycles. The number of pyridine rings is 1. The second kappa shape index (κ2) is 7.17. The zero-order valence-electron chi connectivity index (χ0n) is 16.5. The minimum Gasteiger partial charge on any atom is -0.383 e. The summed E-state index contributed by atoms with van der Waals surface area (Å²) in [5.74, 6) is 1.18. The van der Waals surface area contributed by atoms with Gasteiger partial charge < -0.3 is 10.0 Å². The highest BCUT2D eigenvalue weighted by Crippen LogP contribution is 2.49. The quantitative estimate of drug-likeness (QED) is 0.895. The molecule has 6 heteroatoms. The number of aryl methyl sites for hydroxylation is 1. The van der Waals surface area contributed by atoms with Gasteiger partial charge in [-0.25, -0.2) is 9.97 Å². The highest BCUT2D eigenvalue weighted by Gasteiger charge is 2.52. The maximum Gasteiger partial charge on any atom is 0.224 e. The zero-order valence-corrected chi connectivity index (χ0v) is 16.5. The first-order chi connectivity index (χ1) is 13.0. The largest absolute Gasteiger partial charge is 0.383 e. The van der Waals surface area contributed by atoms with Crippen LogP contribution in [0.5, 0.6) is 0 Å². The first-order valence-electron chi connectivity index (χ1n) is 9.83. The fraction of sp³-hybridized carbons (Fsp3) is 0.571. The van der Waals surface area contributed by atoms with Gasteiger partial charge in [-0.15, -0.1) is 0 Å². The van der Waals surface area contributed by atoms with Gasteiger partial charge in [-0.2, -0.15) is 0 Å². The predicted octanol–water partition coefficient (Wildman–Crippen LogP) is 2.37. The molecule has 2 aromatic heterocycles. The first kappa shape index (κ1) is 18.3. The molecule has 2 atom stereocenters. The van der Waals surface area contributed by atoms with Crippen LogP contribution < -0.4 is 4.90 Å². The van der Waals surface area contributed by atoms with Crippen LogP contribution in [0.15, 0.2) is 30.7 Å². The van der Waals surface area contributed by atoms with Gasteiger partial charge >= 0.3 is 0 Å². The van der Waals surface area contributed by atoms with E-state index in [0.29, 0.717) is 0 Å². The maximum atomic E-state index is 11.8. The zero-order chi connectivity index (χ0) is 19.0. The Bertz CT molecular complexity index is 777. The predicted molar refractivity (Wildman–Crippen MR) is 105 cm³/mol. The van der Waals surface area contributed by atoms with Crippen molar-refractivity contribution in [1.82, 2.24) is 19.9 Å². The van der Waals surface area contributed by atoms with E-state index in [1.165, 1.54) is 6.42 Å². The summed E-state index contributed by atoms with van der Waals surface area (Å²) in [5.41, 5.74) is 2.31. The summed E-state index contributed by atoms with van der Waals surface area (Å²) in [6, 6.07) is 4.01. The molecule has 1 saturated carbocycles. The van der Waals surface area contributed by atoms with Crippen molar-refractivity contribution in [2.24, 2.45) is 11.8 Å². The van der Waals surface area contributed by atoms with Gasteiger partial charge in [0.25, 0.3) is 0 Å². The summed E-state index contributed by atoms with van der Waals surface area (Å²) in [5, 5.41) is 11.8. The van der Waals surface area contributed by atoms with E-state index in [-0.39, 0.29) is 11.8 Å². The maximum absolute atomic E-state index is 11.8. The molecule has 27 heavy (non-hydrogen) atoms. The molecule has 1 saturated heterocycles. The Balaban J connectivity index is 1.54. The van der Waals surface area contributed by atoms with E-state index in [2.05, 4.69) is 32.8 Å². The fourth-order valence-electron chi connectivity index (χ4n) is 4.88. The number of anilines is 1. The average molecular weight is 367 g/mol. The van der Waals surface area contributed by atoms with Gasteiger partial charge in [0, 0.05) is 69.7 Å². The minimum absolute atomic E-state index is 0.223. The molecular weight excluding hydrogens is 338 g/mol. The third-order valence-electron chi connectivity index (χ3n) is 6.19. The van der Waals surface area contributed by atoms with Gasteiger partial charge in [0.15, 0.2) is 0 Å². The summed E-state index contributed by atoms with van der Waals surface area (Å²) in [7, 11) is 3.89. The van der Waals surface area contributed by atoms with Crippen molar-refractivity contribution in [3.63, 3.8) is 0 Å². The Morgan fingerprint density at radius 2 is 1.81 bits per heavy atom. The van der Waals surface area contributed by atoms with Crippen molar-refractivity contribution >= 4 is 5.95 Å². The van der Waals surface area contributed by atoms with E-state index >= 15 is 0 Å². The first-order valence-corrected chi connectivity index (χ1v) is 9.83. The molecule has 0 spiro atoms. The molecule has 1 aliphatic carbocycles. The van der Waals surface area contributed by atoms with Gasteiger partial charge in [0.2, 0.25) is 5.95 Å². The lowest BCUT2D eigenvalue weighted by molar-refractivity contribution is -0.151. The van der Waals surface area contributed by atoms with E-state index in [0.717, 1.165) is 55.2 Å². The monoisotopic (exact) mass is 367 g/mol. The molecule has 144 valence electrons. The lowest BCUT2D eigenvalue weighted by atomic mass is 9.63. The second-order valence-corrected chi connectivity index (χ2v) is 8.30. The Kier molecular flexibility index (Phi) is 4.86. The molecule has 2 bridgehead atoms.